The molecule has 7 nitrogen and oxygen atoms in total. The third-order valence-corrected chi connectivity index (χ3v) is 3.55. The maximum atomic E-state index is 12.2. The molecular weight excluding hydrogens is 296 g/mol. The van der Waals surface area contributed by atoms with Crippen LogP contribution in [0.1, 0.15) is 12.0 Å². The van der Waals surface area contributed by atoms with Gasteiger partial charge in [-0.05, 0) is 18.2 Å². The number of primary amides is 1. The van der Waals surface area contributed by atoms with Gasteiger partial charge in [0.15, 0.2) is 0 Å². The van der Waals surface area contributed by atoms with Gasteiger partial charge in [-0.3, -0.25) is 14.6 Å². The topological polar surface area (TPSA) is 101 Å². The van der Waals surface area contributed by atoms with Crippen LogP contribution >= 0.6 is 0 Å². The van der Waals surface area contributed by atoms with E-state index in [1.165, 1.54) is 11.3 Å². The van der Waals surface area contributed by atoms with Crippen LogP contribution in [0.4, 0.5) is 5.69 Å². The Kier molecular flexibility index (Phi) is 4.09. The second-order valence-electron chi connectivity index (χ2n) is 5.16. The lowest BCUT2D eigenvalue weighted by atomic mass is 10.1. The van der Waals surface area contributed by atoms with Gasteiger partial charge in [0.25, 0.3) is 5.91 Å². The number of nitrogens with one attached hydrogen (secondary N) is 1. The lowest BCUT2D eigenvalue weighted by Gasteiger charge is -2.20. The number of carbonyl (C=O) groups excluding carboxylic acids is 2. The number of para-hydroxylation sites is 1. The molecule has 2 heterocycles. The van der Waals surface area contributed by atoms with Gasteiger partial charge in [0.05, 0.1) is 18.2 Å². The monoisotopic (exact) mass is 312 g/mol. The maximum absolute atomic E-state index is 12.2. The normalized spacial score (nSPS) is 17.0. The average Bonchev–Trinajstić information content (AvgIpc) is 3.23. The third-order valence-electron chi connectivity index (χ3n) is 3.55. The number of benzene rings is 1. The van der Waals surface area contributed by atoms with Crippen LogP contribution in [0.15, 0.2) is 58.4 Å². The Morgan fingerprint density at radius 1 is 1.30 bits per heavy atom. The fraction of sp³-hybridized carbons (Fsp3) is 0.188. The molecule has 3 rings (SSSR count). The molecule has 1 aliphatic heterocycles. The maximum Gasteiger partial charge on any atom is 0.267 e. The largest absolute Gasteiger partial charge is 0.472 e. The van der Waals surface area contributed by atoms with Crippen LogP contribution in [-0.4, -0.2) is 23.6 Å². The summed E-state index contributed by atoms with van der Waals surface area (Å²) in [7, 11) is 0. The molecule has 7 heteroatoms. The van der Waals surface area contributed by atoms with E-state index in [0.29, 0.717) is 12.2 Å². The first-order valence-electron chi connectivity index (χ1n) is 7.15. The van der Waals surface area contributed by atoms with Gasteiger partial charge in [-0.2, -0.15) is 5.10 Å². The SMILES string of the molecule is NC(=O)C1CC(C(=O)NCc2ccoc2)=NN1c1ccccc1. The minimum atomic E-state index is -0.660. The van der Waals surface area contributed by atoms with Crippen molar-refractivity contribution in [2.75, 3.05) is 5.01 Å². The van der Waals surface area contributed by atoms with Crippen LogP contribution < -0.4 is 16.1 Å². The number of nitrogens with zero attached hydrogens (tertiary/aromatic N) is 2. The molecule has 0 saturated carbocycles. The first-order chi connectivity index (χ1) is 11.1. The smallest absolute Gasteiger partial charge is 0.267 e. The second-order valence-corrected chi connectivity index (χ2v) is 5.16. The number of hydrogen-bond donors (Lipinski definition) is 2. The predicted octanol–water partition coefficient (Wildman–Crippen LogP) is 1.02. The summed E-state index contributed by atoms with van der Waals surface area (Å²) in [5.41, 5.74) is 7.29. The van der Waals surface area contributed by atoms with Crippen molar-refractivity contribution < 1.29 is 14.0 Å². The summed E-state index contributed by atoms with van der Waals surface area (Å²) in [4.78, 5) is 23.9. The quantitative estimate of drug-likeness (QED) is 0.860. The van der Waals surface area contributed by atoms with E-state index in [9.17, 15) is 9.59 Å². The van der Waals surface area contributed by atoms with E-state index in [1.807, 2.05) is 30.3 Å². The molecule has 3 N–H and O–H groups in total. The number of carbonyl (C=O) groups is 2. The highest BCUT2D eigenvalue weighted by Crippen LogP contribution is 2.24. The zero-order chi connectivity index (χ0) is 16.2. The van der Waals surface area contributed by atoms with Crippen molar-refractivity contribution in [1.29, 1.82) is 0 Å². The zero-order valence-electron chi connectivity index (χ0n) is 12.3. The fourth-order valence-corrected chi connectivity index (χ4v) is 2.37. The van der Waals surface area contributed by atoms with Gasteiger partial charge in [0.1, 0.15) is 11.8 Å². The Morgan fingerprint density at radius 2 is 2.09 bits per heavy atom. The van der Waals surface area contributed by atoms with E-state index in [2.05, 4.69) is 10.4 Å². The van der Waals surface area contributed by atoms with Crippen LogP contribution in [0.3, 0.4) is 0 Å². The molecule has 0 fully saturated rings. The molecule has 118 valence electrons. The Balaban J connectivity index is 1.74. The molecule has 2 aromatic rings. The highest BCUT2D eigenvalue weighted by molar-refractivity contribution is 6.40. The number of amides is 2. The number of anilines is 1. The summed E-state index contributed by atoms with van der Waals surface area (Å²) in [6.45, 7) is 0.334. The summed E-state index contributed by atoms with van der Waals surface area (Å²) < 4.78 is 4.94. The summed E-state index contributed by atoms with van der Waals surface area (Å²) in [5.74, 6) is -0.842. The predicted molar refractivity (Wildman–Crippen MR) is 84.5 cm³/mol. The van der Waals surface area contributed by atoms with Crippen molar-refractivity contribution in [2.45, 2.75) is 19.0 Å². The lowest BCUT2D eigenvalue weighted by molar-refractivity contribution is -0.119. The second kappa shape index (κ2) is 6.35. The first kappa shape index (κ1) is 14.8. The molecule has 23 heavy (non-hydrogen) atoms. The molecule has 0 radical (unpaired) electrons. The number of nitrogens with two attached hydrogens (primary N) is 1. The van der Waals surface area contributed by atoms with E-state index in [-0.39, 0.29) is 18.0 Å². The van der Waals surface area contributed by atoms with Crippen molar-refractivity contribution in [3.8, 4) is 0 Å². The zero-order valence-corrected chi connectivity index (χ0v) is 12.3. The van der Waals surface area contributed by atoms with Crippen molar-refractivity contribution in [3.05, 3.63) is 54.5 Å². The highest BCUT2D eigenvalue weighted by Gasteiger charge is 2.34. The van der Waals surface area contributed by atoms with Gasteiger partial charge in [-0.15, -0.1) is 0 Å². The fourth-order valence-electron chi connectivity index (χ4n) is 2.37. The molecule has 1 aliphatic rings. The van der Waals surface area contributed by atoms with Crippen LogP contribution in [0, 0.1) is 0 Å². The van der Waals surface area contributed by atoms with E-state index < -0.39 is 11.9 Å². The van der Waals surface area contributed by atoms with Crippen molar-refractivity contribution in [2.24, 2.45) is 10.8 Å². The van der Waals surface area contributed by atoms with Gasteiger partial charge in [0, 0.05) is 18.5 Å². The number of rotatable bonds is 5. The van der Waals surface area contributed by atoms with Crippen molar-refractivity contribution in [3.63, 3.8) is 0 Å². The number of furan rings is 1. The summed E-state index contributed by atoms with van der Waals surface area (Å²) in [6.07, 6.45) is 3.27. The van der Waals surface area contributed by atoms with E-state index in [4.69, 9.17) is 10.2 Å². The molecule has 1 unspecified atom stereocenters. The molecule has 2 amide bonds. The number of hydrazone groups is 1. The van der Waals surface area contributed by atoms with Gasteiger partial charge >= 0.3 is 0 Å². The number of hydrogen-bond acceptors (Lipinski definition) is 5. The van der Waals surface area contributed by atoms with E-state index in [0.717, 1.165) is 5.56 Å². The van der Waals surface area contributed by atoms with E-state index in [1.54, 1.807) is 12.3 Å². The molecule has 0 saturated heterocycles. The summed E-state index contributed by atoms with van der Waals surface area (Å²) >= 11 is 0. The van der Waals surface area contributed by atoms with Gasteiger partial charge in [-0.25, -0.2) is 0 Å². The van der Waals surface area contributed by atoms with E-state index >= 15 is 0 Å². The standard InChI is InChI=1S/C16H16N4O3/c17-15(21)14-8-13(16(22)18-9-11-6-7-23-10-11)19-20(14)12-4-2-1-3-5-12/h1-7,10,14H,8-9H2,(H2,17,21)(H,18,22). The minimum Gasteiger partial charge on any atom is -0.472 e. The average molecular weight is 312 g/mol. The molecule has 1 atom stereocenters. The molecular formula is C16H16N4O3. The molecule has 1 aromatic carbocycles. The Bertz CT molecular complexity index is 725. The summed E-state index contributed by atoms with van der Waals surface area (Å²) in [6, 6.07) is 10.3. The highest BCUT2D eigenvalue weighted by atomic mass is 16.3. The Morgan fingerprint density at radius 3 is 2.74 bits per heavy atom. The van der Waals surface area contributed by atoms with Gasteiger partial charge in [-0.1, -0.05) is 18.2 Å². The van der Waals surface area contributed by atoms with Crippen LogP contribution in [-0.2, 0) is 16.1 Å². The molecule has 0 aliphatic carbocycles. The molecule has 0 bridgehead atoms. The van der Waals surface area contributed by atoms with Gasteiger partial charge < -0.3 is 15.5 Å². The lowest BCUT2D eigenvalue weighted by Crippen LogP contribution is -2.39. The minimum absolute atomic E-state index is 0.182. The molecule has 0 spiro atoms. The Hall–Kier alpha value is -3.09. The third kappa shape index (κ3) is 3.23. The van der Waals surface area contributed by atoms with Crippen molar-refractivity contribution in [1.82, 2.24) is 5.32 Å². The summed E-state index contributed by atoms with van der Waals surface area (Å²) in [5, 5.41) is 8.52. The van der Waals surface area contributed by atoms with Crippen LogP contribution in [0.5, 0.6) is 0 Å². The first-order valence-corrected chi connectivity index (χ1v) is 7.15. The van der Waals surface area contributed by atoms with Gasteiger partial charge in [0.2, 0.25) is 5.91 Å². The Labute approximate surface area is 132 Å². The van der Waals surface area contributed by atoms with Crippen molar-refractivity contribution >= 4 is 23.2 Å². The van der Waals surface area contributed by atoms with Crippen LogP contribution in [0.25, 0.3) is 0 Å². The molecule has 1 aromatic heterocycles. The van der Waals surface area contributed by atoms with Crippen LogP contribution in [0.2, 0.25) is 0 Å².